The molecular weight excluding hydrogens is 408 g/mol. The highest BCUT2D eigenvalue weighted by Crippen LogP contribution is 2.59. The van der Waals surface area contributed by atoms with Gasteiger partial charge < -0.3 is 15.1 Å². The minimum absolute atomic E-state index is 0.0671. The maximum Gasteiger partial charge on any atom is 0.239 e. The van der Waals surface area contributed by atoms with Crippen LogP contribution in [-0.4, -0.2) is 53.4 Å². The van der Waals surface area contributed by atoms with Crippen LogP contribution in [0.3, 0.4) is 0 Å². The maximum absolute atomic E-state index is 12.5. The van der Waals surface area contributed by atoms with Crippen molar-refractivity contribution in [3.8, 4) is 0 Å². The summed E-state index contributed by atoms with van der Waals surface area (Å²) in [6.45, 7) is 7.69. The smallest absolute Gasteiger partial charge is 0.239 e. The van der Waals surface area contributed by atoms with Crippen molar-refractivity contribution < 1.29 is 19.0 Å². The van der Waals surface area contributed by atoms with Crippen LogP contribution >= 0.6 is 0 Å². The molecule has 0 radical (unpaired) electrons. The minimum atomic E-state index is -2.16. The Hall–Kier alpha value is -0.780. The summed E-state index contributed by atoms with van der Waals surface area (Å²) in [6, 6.07) is 0. The summed E-state index contributed by atoms with van der Waals surface area (Å²) < 4.78 is 25.1. The van der Waals surface area contributed by atoms with Gasteiger partial charge in [0.1, 0.15) is 0 Å². The van der Waals surface area contributed by atoms with Gasteiger partial charge in [-0.05, 0) is 93.4 Å². The first kappa shape index (κ1) is 24.3. The molecule has 3 aliphatic carbocycles. The highest BCUT2D eigenvalue weighted by molar-refractivity contribution is 5.26. The predicted molar refractivity (Wildman–Crippen MR) is 125 cm³/mol. The second-order valence-corrected chi connectivity index (χ2v) is 11.6. The van der Waals surface area contributed by atoms with E-state index in [0.29, 0.717) is 36.5 Å². The molecule has 4 fully saturated rings. The standard InChI is InChI=1S/C27H43F2NO2/c1-18(9-11-30-16-20(17-30)14-26(28)29)24-7-8-25-21(4-3-10-27(24,25)2)6-5-19-12-22(31)15-23(32)13-19/h5-6,18,20,22-26,31-32H,3-4,7-17H2,1-2H3/b21-6+/t18?,22-,23-,24-,25+,27-/m1/s1. The van der Waals surface area contributed by atoms with Gasteiger partial charge >= 0.3 is 0 Å². The Bertz CT molecular complexity index is 690. The van der Waals surface area contributed by atoms with Crippen molar-refractivity contribution in [3.63, 3.8) is 0 Å². The summed E-state index contributed by atoms with van der Waals surface area (Å²) in [5, 5.41) is 20.0. The predicted octanol–water partition coefficient (Wildman–Crippen LogP) is 5.57. The molecule has 3 nitrogen and oxygen atoms in total. The van der Waals surface area contributed by atoms with E-state index >= 15 is 0 Å². The molecule has 0 amide bonds. The van der Waals surface area contributed by atoms with E-state index in [0.717, 1.165) is 25.6 Å². The van der Waals surface area contributed by atoms with Crippen molar-refractivity contribution in [2.75, 3.05) is 19.6 Å². The molecule has 1 heterocycles. The third kappa shape index (κ3) is 5.47. The number of aliphatic hydroxyl groups excluding tert-OH is 2. The van der Waals surface area contributed by atoms with Crippen LogP contribution in [0, 0.1) is 29.1 Å². The van der Waals surface area contributed by atoms with Gasteiger partial charge in [-0.3, -0.25) is 0 Å². The highest BCUT2D eigenvalue weighted by atomic mass is 19.3. The molecular formula is C27H43F2NO2. The Labute approximate surface area is 193 Å². The maximum atomic E-state index is 12.5. The van der Waals surface area contributed by atoms with Gasteiger partial charge in [0.25, 0.3) is 0 Å². The second kappa shape index (κ2) is 10.2. The summed E-state index contributed by atoms with van der Waals surface area (Å²) in [7, 11) is 0. The van der Waals surface area contributed by atoms with Crippen LogP contribution in [0.1, 0.15) is 78.1 Å². The first-order valence-electron chi connectivity index (χ1n) is 13.0. The molecule has 4 rings (SSSR count). The molecule has 0 aromatic heterocycles. The van der Waals surface area contributed by atoms with Gasteiger partial charge in [0, 0.05) is 19.5 Å². The molecule has 1 aliphatic heterocycles. The first-order valence-corrected chi connectivity index (χ1v) is 13.0. The molecule has 0 spiro atoms. The summed E-state index contributed by atoms with van der Waals surface area (Å²) >= 11 is 0. The zero-order valence-electron chi connectivity index (χ0n) is 20.0. The van der Waals surface area contributed by atoms with Gasteiger partial charge in [-0.25, -0.2) is 8.78 Å². The monoisotopic (exact) mass is 451 g/mol. The summed E-state index contributed by atoms with van der Waals surface area (Å²) in [6.07, 6.45) is 11.0. The fourth-order valence-electron chi connectivity index (χ4n) is 7.59. The third-order valence-corrected chi connectivity index (χ3v) is 9.24. The zero-order valence-corrected chi connectivity index (χ0v) is 20.0. The average Bonchev–Trinajstić information content (AvgIpc) is 3.04. The van der Waals surface area contributed by atoms with E-state index in [4.69, 9.17) is 0 Å². The van der Waals surface area contributed by atoms with Crippen molar-refractivity contribution in [2.24, 2.45) is 29.1 Å². The topological polar surface area (TPSA) is 43.7 Å². The summed E-state index contributed by atoms with van der Waals surface area (Å²) in [5.74, 6) is 2.25. The minimum Gasteiger partial charge on any atom is -0.393 e. The lowest BCUT2D eigenvalue weighted by atomic mass is 9.61. The molecule has 0 bridgehead atoms. The fourth-order valence-corrected chi connectivity index (χ4v) is 7.59. The Morgan fingerprint density at radius 1 is 1.12 bits per heavy atom. The zero-order chi connectivity index (χ0) is 22.9. The van der Waals surface area contributed by atoms with Gasteiger partial charge in [0.05, 0.1) is 12.2 Å². The molecule has 0 aromatic carbocycles. The Balaban J connectivity index is 1.33. The number of likely N-dealkylation sites (tertiary alicyclic amines) is 1. The normalized spacial score (nSPS) is 38.7. The van der Waals surface area contributed by atoms with Crippen LogP contribution in [0.2, 0.25) is 0 Å². The lowest BCUT2D eigenvalue weighted by Gasteiger charge is -2.45. The number of aliphatic hydroxyl groups is 2. The lowest BCUT2D eigenvalue weighted by molar-refractivity contribution is 0.0268. The van der Waals surface area contributed by atoms with E-state index in [1.807, 2.05) is 0 Å². The lowest BCUT2D eigenvalue weighted by Crippen LogP contribution is -2.48. The molecule has 1 unspecified atom stereocenters. The summed E-state index contributed by atoms with van der Waals surface area (Å²) in [4.78, 5) is 2.36. The molecule has 32 heavy (non-hydrogen) atoms. The van der Waals surface area contributed by atoms with E-state index in [1.165, 1.54) is 44.1 Å². The number of hydrogen-bond donors (Lipinski definition) is 2. The molecule has 182 valence electrons. The second-order valence-electron chi connectivity index (χ2n) is 11.6. The van der Waals surface area contributed by atoms with Gasteiger partial charge in [0.15, 0.2) is 0 Å². The quantitative estimate of drug-likeness (QED) is 0.531. The van der Waals surface area contributed by atoms with Crippen molar-refractivity contribution >= 4 is 0 Å². The molecule has 5 heteroatoms. The van der Waals surface area contributed by atoms with Crippen LogP contribution in [0.25, 0.3) is 0 Å². The van der Waals surface area contributed by atoms with E-state index in [-0.39, 0.29) is 12.3 Å². The average molecular weight is 452 g/mol. The number of hydrogen-bond acceptors (Lipinski definition) is 3. The number of alkyl halides is 2. The number of nitrogens with zero attached hydrogens (tertiary/aromatic N) is 1. The number of halogens is 2. The Morgan fingerprint density at radius 2 is 1.84 bits per heavy atom. The van der Waals surface area contributed by atoms with Crippen LogP contribution in [0.4, 0.5) is 8.78 Å². The highest BCUT2D eigenvalue weighted by Gasteiger charge is 2.50. The molecule has 0 aromatic rings. The SMILES string of the molecule is CC(CCN1CC(CC(F)F)C1)[C@H]1CC[C@H]2/C(=C/C=C3C[C@@H](O)C[C@H](O)C3)CCC[C@]12C. The number of rotatable bonds is 7. The van der Waals surface area contributed by atoms with Gasteiger partial charge in [0.2, 0.25) is 6.43 Å². The molecule has 2 N–H and O–H groups in total. The van der Waals surface area contributed by atoms with Crippen molar-refractivity contribution in [2.45, 2.75) is 96.7 Å². The first-order chi connectivity index (χ1) is 15.2. The van der Waals surface area contributed by atoms with E-state index < -0.39 is 18.6 Å². The molecule has 6 atom stereocenters. The van der Waals surface area contributed by atoms with Crippen LogP contribution in [0.15, 0.2) is 23.3 Å². The molecule has 3 saturated carbocycles. The summed E-state index contributed by atoms with van der Waals surface area (Å²) in [5.41, 5.74) is 3.12. The van der Waals surface area contributed by atoms with Crippen molar-refractivity contribution in [1.29, 1.82) is 0 Å². The van der Waals surface area contributed by atoms with E-state index in [9.17, 15) is 19.0 Å². The largest absolute Gasteiger partial charge is 0.393 e. The van der Waals surface area contributed by atoms with Crippen molar-refractivity contribution in [1.82, 2.24) is 4.90 Å². The van der Waals surface area contributed by atoms with Crippen LogP contribution < -0.4 is 0 Å². The Morgan fingerprint density at radius 3 is 2.53 bits per heavy atom. The Kier molecular flexibility index (Phi) is 7.78. The van der Waals surface area contributed by atoms with E-state index in [2.05, 4.69) is 30.9 Å². The number of allylic oxidation sites excluding steroid dienone is 3. The van der Waals surface area contributed by atoms with Crippen molar-refractivity contribution in [3.05, 3.63) is 23.3 Å². The van der Waals surface area contributed by atoms with E-state index in [1.54, 1.807) is 5.57 Å². The molecule has 1 saturated heterocycles. The third-order valence-electron chi connectivity index (χ3n) is 9.24. The van der Waals surface area contributed by atoms with Gasteiger partial charge in [-0.15, -0.1) is 0 Å². The van der Waals surface area contributed by atoms with Gasteiger partial charge in [-0.1, -0.05) is 37.1 Å². The number of fused-ring (bicyclic) bond motifs is 1. The van der Waals surface area contributed by atoms with Crippen LogP contribution in [-0.2, 0) is 0 Å². The van der Waals surface area contributed by atoms with Crippen LogP contribution in [0.5, 0.6) is 0 Å². The fraction of sp³-hybridized carbons (Fsp3) is 0.852. The molecule has 4 aliphatic rings. The van der Waals surface area contributed by atoms with Gasteiger partial charge in [-0.2, -0.15) is 0 Å².